The van der Waals surface area contributed by atoms with Crippen LogP contribution < -0.4 is 9.80 Å². The number of carbonyl (C=O) groups excluding carboxylic acids is 1. The van der Waals surface area contributed by atoms with Gasteiger partial charge in [-0.05, 0) is 35.4 Å². The first-order valence-corrected chi connectivity index (χ1v) is 14.5. The fourth-order valence-corrected chi connectivity index (χ4v) is 5.81. The maximum atomic E-state index is 13.2. The number of piperazine rings is 2. The van der Waals surface area contributed by atoms with E-state index in [1.807, 2.05) is 24.3 Å². The first-order valence-electron chi connectivity index (χ1n) is 14.5. The lowest BCUT2D eigenvalue weighted by atomic mass is 10.0. The smallest absolute Gasteiger partial charge is 0.193 e. The van der Waals surface area contributed by atoms with E-state index in [0.717, 1.165) is 76.6 Å². The molecule has 4 aromatic carbocycles. The highest BCUT2D eigenvalue weighted by atomic mass is 16.1. The summed E-state index contributed by atoms with van der Waals surface area (Å²) in [5, 5.41) is 0. The van der Waals surface area contributed by atoms with Gasteiger partial charge in [0.1, 0.15) is 0 Å². The van der Waals surface area contributed by atoms with Gasteiger partial charge in [-0.25, -0.2) is 0 Å². The van der Waals surface area contributed by atoms with E-state index in [1.54, 1.807) is 0 Å². The topological polar surface area (TPSA) is 30.0 Å². The average molecular weight is 531 g/mol. The first kappa shape index (κ1) is 26.3. The Morgan fingerprint density at radius 3 is 1.15 bits per heavy atom. The van der Waals surface area contributed by atoms with E-state index in [4.69, 9.17) is 0 Å². The van der Waals surface area contributed by atoms with Crippen molar-refractivity contribution in [2.24, 2.45) is 0 Å². The molecule has 204 valence electrons. The lowest BCUT2D eigenvalue weighted by molar-refractivity contribution is 0.103. The molecule has 0 spiro atoms. The summed E-state index contributed by atoms with van der Waals surface area (Å²) in [5.41, 5.74) is 6.63. The monoisotopic (exact) mass is 530 g/mol. The Labute approximate surface area is 238 Å². The van der Waals surface area contributed by atoms with Crippen molar-refractivity contribution in [1.29, 1.82) is 0 Å². The zero-order chi connectivity index (χ0) is 27.1. The van der Waals surface area contributed by atoms with Crippen molar-refractivity contribution in [3.63, 3.8) is 0 Å². The maximum Gasteiger partial charge on any atom is 0.193 e. The molecule has 6 rings (SSSR count). The minimum absolute atomic E-state index is 0.0889. The van der Waals surface area contributed by atoms with E-state index in [0.29, 0.717) is 0 Å². The van der Waals surface area contributed by atoms with Crippen molar-refractivity contribution in [2.45, 2.75) is 13.1 Å². The van der Waals surface area contributed by atoms with Gasteiger partial charge in [0.25, 0.3) is 0 Å². The van der Waals surface area contributed by atoms with Gasteiger partial charge in [0.05, 0.1) is 0 Å². The van der Waals surface area contributed by atoms with E-state index in [1.165, 1.54) is 22.5 Å². The quantitative estimate of drug-likeness (QED) is 0.278. The van der Waals surface area contributed by atoms with Gasteiger partial charge in [0.2, 0.25) is 0 Å². The number of ketones is 1. The van der Waals surface area contributed by atoms with Crippen molar-refractivity contribution < 1.29 is 4.79 Å². The molecule has 0 amide bonds. The van der Waals surface area contributed by atoms with E-state index in [-0.39, 0.29) is 5.78 Å². The molecule has 0 saturated carbocycles. The third-order valence-electron chi connectivity index (χ3n) is 8.23. The minimum Gasteiger partial charge on any atom is -0.369 e. The predicted octanol–water partition coefficient (Wildman–Crippen LogP) is 5.56. The molecule has 0 radical (unpaired) electrons. The van der Waals surface area contributed by atoms with Crippen molar-refractivity contribution in [2.75, 3.05) is 62.2 Å². The number of nitrogens with zero attached hydrogens (tertiary/aromatic N) is 4. The number of carbonyl (C=O) groups is 1. The van der Waals surface area contributed by atoms with Gasteiger partial charge in [-0.1, -0.05) is 84.9 Å². The summed E-state index contributed by atoms with van der Waals surface area (Å²) in [7, 11) is 0. The standard InChI is InChI=1S/C35H38N4O/c40-35(31-15-11-29(12-16-31)27-36-19-23-38(24-20-36)33-7-3-1-4-8-33)32-17-13-30(14-18-32)28-37-21-25-39(26-22-37)34-9-5-2-6-10-34/h1-18H,19-28H2. The number of rotatable bonds is 8. The second-order valence-corrected chi connectivity index (χ2v) is 10.9. The van der Waals surface area contributed by atoms with E-state index < -0.39 is 0 Å². The minimum atomic E-state index is 0.0889. The lowest BCUT2D eigenvalue weighted by Crippen LogP contribution is -2.45. The average Bonchev–Trinajstić information content (AvgIpc) is 3.03. The highest BCUT2D eigenvalue weighted by Crippen LogP contribution is 2.20. The third kappa shape index (κ3) is 6.44. The normalized spacial score (nSPS) is 16.7. The number of hydrogen-bond donors (Lipinski definition) is 0. The van der Waals surface area contributed by atoms with Crippen molar-refractivity contribution in [3.8, 4) is 0 Å². The molecule has 0 aliphatic carbocycles. The third-order valence-corrected chi connectivity index (χ3v) is 8.23. The fourth-order valence-electron chi connectivity index (χ4n) is 5.81. The molecule has 5 heteroatoms. The van der Waals surface area contributed by atoms with Crippen molar-refractivity contribution in [3.05, 3.63) is 131 Å². The van der Waals surface area contributed by atoms with Gasteiger partial charge in [0.15, 0.2) is 5.78 Å². The van der Waals surface area contributed by atoms with Gasteiger partial charge in [-0.15, -0.1) is 0 Å². The Hall–Kier alpha value is -3.93. The van der Waals surface area contributed by atoms with E-state index in [2.05, 4.69) is 105 Å². The molecule has 2 aliphatic rings. The van der Waals surface area contributed by atoms with Crippen LogP contribution in [0, 0.1) is 0 Å². The van der Waals surface area contributed by atoms with Crippen LogP contribution in [0.25, 0.3) is 0 Å². The van der Waals surface area contributed by atoms with Crippen LogP contribution in [0.1, 0.15) is 27.0 Å². The molecule has 2 heterocycles. The van der Waals surface area contributed by atoms with Crippen LogP contribution in [0.5, 0.6) is 0 Å². The first-order chi connectivity index (χ1) is 19.7. The molecule has 0 unspecified atom stereocenters. The maximum absolute atomic E-state index is 13.2. The Morgan fingerprint density at radius 2 is 0.800 bits per heavy atom. The van der Waals surface area contributed by atoms with Gasteiger partial charge in [-0.3, -0.25) is 14.6 Å². The fraction of sp³-hybridized carbons (Fsp3) is 0.286. The summed E-state index contributed by atoms with van der Waals surface area (Å²) in [6.07, 6.45) is 0. The van der Waals surface area contributed by atoms with Crippen LogP contribution in [0.15, 0.2) is 109 Å². The van der Waals surface area contributed by atoms with Crippen LogP contribution >= 0.6 is 0 Å². The SMILES string of the molecule is O=C(c1ccc(CN2CCN(c3ccccc3)CC2)cc1)c1ccc(CN2CCN(c3ccccc3)CC2)cc1. The lowest BCUT2D eigenvalue weighted by Gasteiger charge is -2.36. The Bertz CT molecular complexity index is 1250. The molecule has 0 N–H and O–H groups in total. The predicted molar refractivity (Wildman–Crippen MR) is 164 cm³/mol. The van der Waals surface area contributed by atoms with Gasteiger partial charge >= 0.3 is 0 Å². The molecule has 2 fully saturated rings. The van der Waals surface area contributed by atoms with Gasteiger partial charge < -0.3 is 9.80 Å². The molecule has 0 bridgehead atoms. The van der Waals surface area contributed by atoms with Crippen LogP contribution in [0.3, 0.4) is 0 Å². The molecular formula is C35H38N4O. The summed E-state index contributed by atoms with van der Waals surface area (Å²) < 4.78 is 0. The highest BCUT2D eigenvalue weighted by Gasteiger charge is 2.19. The van der Waals surface area contributed by atoms with E-state index >= 15 is 0 Å². The van der Waals surface area contributed by atoms with Crippen LogP contribution in [0.4, 0.5) is 11.4 Å². The second-order valence-electron chi connectivity index (χ2n) is 10.9. The summed E-state index contributed by atoms with van der Waals surface area (Å²) in [5.74, 6) is 0.0889. The number of benzene rings is 4. The molecule has 0 aromatic heterocycles. The molecule has 2 aliphatic heterocycles. The van der Waals surface area contributed by atoms with Crippen LogP contribution in [-0.4, -0.2) is 67.9 Å². The number of para-hydroxylation sites is 2. The highest BCUT2D eigenvalue weighted by molar-refractivity contribution is 6.09. The summed E-state index contributed by atoms with van der Waals surface area (Å²) >= 11 is 0. The summed E-state index contributed by atoms with van der Waals surface area (Å²) in [6, 6.07) is 37.7. The van der Waals surface area contributed by atoms with Gasteiger partial charge in [0, 0.05) is 87.9 Å². The second kappa shape index (κ2) is 12.5. The largest absolute Gasteiger partial charge is 0.369 e. The number of hydrogen-bond acceptors (Lipinski definition) is 5. The van der Waals surface area contributed by atoms with Crippen molar-refractivity contribution >= 4 is 17.2 Å². The van der Waals surface area contributed by atoms with Crippen molar-refractivity contribution in [1.82, 2.24) is 9.80 Å². The molecule has 5 nitrogen and oxygen atoms in total. The Kier molecular flexibility index (Phi) is 8.22. The zero-order valence-corrected chi connectivity index (χ0v) is 23.2. The Morgan fingerprint density at radius 1 is 0.450 bits per heavy atom. The molecule has 2 saturated heterocycles. The zero-order valence-electron chi connectivity index (χ0n) is 23.2. The summed E-state index contributed by atoms with van der Waals surface area (Å²) in [4.78, 5) is 23.1. The van der Waals surface area contributed by atoms with Crippen LogP contribution in [-0.2, 0) is 13.1 Å². The van der Waals surface area contributed by atoms with Gasteiger partial charge in [-0.2, -0.15) is 0 Å². The molecule has 4 aromatic rings. The molecule has 0 atom stereocenters. The van der Waals surface area contributed by atoms with Crippen LogP contribution in [0.2, 0.25) is 0 Å². The Balaban J connectivity index is 0.976. The summed E-state index contributed by atoms with van der Waals surface area (Å²) in [6.45, 7) is 10.2. The molecular weight excluding hydrogens is 492 g/mol. The molecule has 40 heavy (non-hydrogen) atoms. The number of anilines is 2. The van der Waals surface area contributed by atoms with E-state index in [9.17, 15) is 4.79 Å².